The molecule has 0 aliphatic rings. The number of benzene rings is 1. The molecule has 0 aromatic heterocycles. The summed E-state index contributed by atoms with van der Waals surface area (Å²) >= 11 is 5.73. The SMILES string of the molecule is CCC(CCCl)CNC(=O)Cc1ccccc1OC. The molecule has 1 amide bonds. The van der Waals surface area contributed by atoms with Gasteiger partial charge in [-0.1, -0.05) is 31.5 Å². The van der Waals surface area contributed by atoms with Crippen molar-refractivity contribution in [1.82, 2.24) is 5.32 Å². The number of carbonyl (C=O) groups is 1. The van der Waals surface area contributed by atoms with Crippen molar-refractivity contribution in [1.29, 1.82) is 0 Å². The van der Waals surface area contributed by atoms with Gasteiger partial charge in [-0.05, 0) is 18.4 Å². The Hall–Kier alpha value is -1.22. The summed E-state index contributed by atoms with van der Waals surface area (Å²) in [5, 5.41) is 2.97. The Kier molecular flexibility index (Phi) is 7.34. The lowest BCUT2D eigenvalue weighted by atomic mass is 10.0. The fraction of sp³-hybridized carbons (Fsp3) is 0.533. The Morgan fingerprint density at radius 2 is 2.16 bits per heavy atom. The van der Waals surface area contributed by atoms with Gasteiger partial charge in [-0.25, -0.2) is 0 Å². The molecule has 106 valence electrons. The number of hydrogen-bond donors (Lipinski definition) is 1. The van der Waals surface area contributed by atoms with Crippen LogP contribution in [-0.4, -0.2) is 25.4 Å². The highest BCUT2D eigenvalue weighted by Crippen LogP contribution is 2.17. The molecule has 0 saturated carbocycles. The highest BCUT2D eigenvalue weighted by Gasteiger charge is 2.10. The Balaban J connectivity index is 2.46. The van der Waals surface area contributed by atoms with Crippen molar-refractivity contribution in [2.24, 2.45) is 5.92 Å². The molecule has 0 saturated heterocycles. The standard InChI is InChI=1S/C15H22ClNO2/c1-3-12(8-9-16)11-17-15(18)10-13-6-4-5-7-14(13)19-2/h4-7,12H,3,8-11H2,1-2H3,(H,17,18). The number of rotatable bonds is 8. The summed E-state index contributed by atoms with van der Waals surface area (Å²) in [5.41, 5.74) is 0.910. The van der Waals surface area contributed by atoms with Gasteiger partial charge in [0, 0.05) is 18.0 Å². The summed E-state index contributed by atoms with van der Waals surface area (Å²) in [6, 6.07) is 7.58. The number of halogens is 1. The van der Waals surface area contributed by atoms with Crippen LogP contribution >= 0.6 is 11.6 Å². The maximum Gasteiger partial charge on any atom is 0.224 e. The van der Waals surface area contributed by atoms with E-state index in [-0.39, 0.29) is 5.91 Å². The Morgan fingerprint density at radius 3 is 2.79 bits per heavy atom. The smallest absolute Gasteiger partial charge is 0.224 e. The monoisotopic (exact) mass is 283 g/mol. The van der Waals surface area contributed by atoms with Gasteiger partial charge in [0.2, 0.25) is 5.91 Å². The first-order chi connectivity index (χ1) is 9.21. The molecule has 0 heterocycles. The quantitative estimate of drug-likeness (QED) is 0.745. The fourth-order valence-corrected chi connectivity index (χ4v) is 2.26. The van der Waals surface area contributed by atoms with Crippen molar-refractivity contribution < 1.29 is 9.53 Å². The van der Waals surface area contributed by atoms with Gasteiger partial charge in [0.1, 0.15) is 5.75 Å². The van der Waals surface area contributed by atoms with Crippen molar-refractivity contribution >= 4 is 17.5 Å². The number of hydrogen-bond acceptors (Lipinski definition) is 2. The van der Waals surface area contributed by atoms with Crippen LogP contribution in [0.4, 0.5) is 0 Å². The van der Waals surface area contributed by atoms with Gasteiger partial charge in [0.15, 0.2) is 0 Å². The molecule has 1 rings (SSSR count). The first-order valence-corrected chi connectivity index (χ1v) is 7.19. The molecule has 0 aliphatic heterocycles. The summed E-state index contributed by atoms with van der Waals surface area (Å²) in [5.74, 6) is 1.88. The van der Waals surface area contributed by atoms with Gasteiger partial charge >= 0.3 is 0 Å². The van der Waals surface area contributed by atoms with Gasteiger partial charge in [-0.2, -0.15) is 0 Å². The predicted octanol–water partition coefficient (Wildman–Crippen LogP) is 3.01. The third-order valence-electron chi connectivity index (χ3n) is 3.23. The fourth-order valence-electron chi connectivity index (χ4n) is 1.95. The maximum atomic E-state index is 11.9. The van der Waals surface area contributed by atoms with E-state index in [1.54, 1.807) is 7.11 Å². The predicted molar refractivity (Wildman–Crippen MR) is 78.8 cm³/mol. The van der Waals surface area contributed by atoms with Crippen LogP contribution in [-0.2, 0) is 11.2 Å². The van der Waals surface area contributed by atoms with Crippen LogP contribution in [0.2, 0.25) is 0 Å². The number of methoxy groups -OCH3 is 1. The van der Waals surface area contributed by atoms with E-state index in [0.29, 0.717) is 24.8 Å². The minimum absolute atomic E-state index is 0.0255. The summed E-state index contributed by atoms with van der Waals surface area (Å²) in [6.45, 7) is 2.81. The van der Waals surface area contributed by atoms with Crippen molar-refractivity contribution in [3.63, 3.8) is 0 Å². The number of para-hydroxylation sites is 1. The van der Waals surface area contributed by atoms with Crippen molar-refractivity contribution in [2.75, 3.05) is 19.5 Å². The number of nitrogens with one attached hydrogen (secondary N) is 1. The number of carbonyl (C=O) groups excluding carboxylic acids is 1. The maximum absolute atomic E-state index is 11.9. The van der Waals surface area contributed by atoms with Crippen LogP contribution in [0.15, 0.2) is 24.3 Å². The van der Waals surface area contributed by atoms with Crippen LogP contribution in [0.3, 0.4) is 0 Å². The van der Waals surface area contributed by atoms with E-state index in [0.717, 1.165) is 24.2 Å². The zero-order chi connectivity index (χ0) is 14.1. The lowest BCUT2D eigenvalue weighted by Gasteiger charge is -2.14. The molecule has 19 heavy (non-hydrogen) atoms. The van der Waals surface area contributed by atoms with Crippen molar-refractivity contribution in [3.8, 4) is 5.75 Å². The molecule has 4 heteroatoms. The first kappa shape index (κ1) is 15.8. The molecule has 0 spiro atoms. The minimum Gasteiger partial charge on any atom is -0.496 e. The van der Waals surface area contributed by atoms with E-state index in [9.17, 15) is 4.79 Å². The van der Waals surface area contributed by atoms with E-state index in [2.05, 4.69) is 12.2 Å². The largest absolute Gasteiger partial charge is 0.496 e. The molecule has 1 unspecified atom stereocenters. The van der Waals surface area contributed by atoms with Gasteiger partial charge in [0.25, 0.3) is 0 Å². The minimum atomic E-state index is 0.0255. The molecule has 1 atom stereocenters. The molecule has 1 aromatic rings. The normalized spacial score (nSPS) is 11.9. The van der Waals surface area contributed by atoms with Crippen LogP contribution < -0.4 is 10.1 Å². The van der Waals surface area contributed by atoms with Crippen LogP contribution in [0.1, 0.15) is 25.3 Å². The van der Waals surface area contributed by atoms with Gasteiger partial charge in [-0.3, -0.25) is 4.79 Å². The van der Waals surface area contributed by atoms with Crippen molar-refractivity contribution in [3.05, 3.63) is 29.8 Å². The summed E-state index contributed by atoms with van der Waals surface area (Å²) in [7, 11) is 1.62. The molecular weight excluding hydrogens is 262 g/mol. The highest BCUT2D eigenvalue weighted by atomic mass is 35.5. The topological polar surface area (TPSA) is 38.3 Å². The molecule has 0 radical (unpaired) electrons. The second-order valence-corrected chi connectivity index (χ2v) is 4.92. The van der Waals surface area contributed by atoms with E-state index in [1.165, 1.54) is 0 Å². The van der Waals surface area contributed by atoms with E-state index >= 15 is 0 Å². The highest BCUT2D eigenvalue weighted by molar-refractivity contribution is 6.17. The Labute approximate surface area is 120 Å². The third kappa shape index (κ3) is 5.52. The van der Waals surface area contributed by atoms with Crippen LogP contribution in [0.25, 0.3) is 0 Å². The molecule has 1 aromatic carbocycles. The lowest BCUT2D eigenvalue weighted by Crippen LogP contribution is -2.30. The van der Waals surface area contributed by atoms with Gasteiger partial charge in [0.05, 0.1) is 13.5 Å². The second kappa shape index (κ2) is 8.81. The Morgan fingerprint density at radius 1 is 1.42 bits per heavy atom. The zero-order valence-electron chi connectivity index (χ0n) is 11.6. The zero-order valence-corrected chi connectivity index (χ0v) is 12.4. The van der Waals surface area contributed by atoms with E-state index in [4.69, 9.17) is 16.3 Å². The summed E-state index contributed by atoms with van der Waals surface area (Å²) in [6.07, 6.45) is 2.32. The molecule has 0 bridgehead atoms. The molecular formula is C15H22ClNO2. The molecule has 1 N–H and O–H groups in total. The number of amides is 1. The average molecular weight is 284 g/mol. The first-order valence-electron chi connectivity index (χ1n) is 6.65. The second-order valence-electron chi connectivity index (χ2n) is 4.54. The Bertz CT molecular complexity index is 395. The number of ether oxygens (including phenoxy) is 1. The third-order valence-corrected chi connectivity index (χ3v) is 3.44. The molecule has 0 aliphatic carbocycles. The van der Waals surface area contributed by atoms with Crippen LogP contribution in [0.5, 0.6) is 5.75 Å². The summed E-state index contributed by atoms with van der Waals surface area (Å²) in [4.78, 5) is 11.9. The number of alkyl halides is 1. The van der Waals surface area contributed by atoms with Crippen LogP contribution in [0, 0.1) is 5.92 Å². The average Bonchev–Trinajstić information content (AvgIpc) is 2.44. The lowest BCUT2D eigenvalue weighted by molar-refractivity contribution is -0.120. The molecule has 3 nitrogen and oxygen atoms in total. The molecule has 0 fully saturated rings. The van der Waals surface area contributed by atoms with E-state index < -0.39 is 0 Å². The summed E-state index contributed by atoms with van der Waals surface area (Å²) < 4.78 is 5.23. The van der Waals surface area contributed by atoms with Gasteiger partial charge < -0.3 is 10.1 Å². The van der Waals surface area contributed by atoms with E-state index in [1.807, 2.05) is 24.3 Å². The van der Waals surface area contributed by atoms with Gasteiger partial charge in [-0.15, -0.1) is 11.6 Å². The van der Waals surface area contributed by atoms with Crippen molar-refractivity contribution in [2.45, 2.75) is 26.2 Å².